The van der Waals surface area contributed by atoms with Crippen LogP contribution in [0.5, 0.6) is 0 Å². The molecule has 0 amide bonds. The van der Waals surface area contributed by atoms with Crippen LogP contribution in [0.2, 0.25) is 0 Å². The lowest BCUT2D eigenvalue weighted by Gasteiger charge is -2.21. The summed E-state index contributed by atoms with van der Waals surface area (Å²) in [6.07, 6.45) is 0. The first-order chi connectivity index (χ1) is 4.71. The summed E-state index contributed by atoms with van der Waals surface area (Å²) in [5.41, 5.74) is 0. The SMILES string of the molecule is CC(C)(C)S[CH]SC(C)(C)C. The molecule has 67 valence electrons. The Morgan fingerprint density at radius 3 is 1.18 bits per heavy atom. The molecule has 0 aliphatic carbocycles. The molecule has 2 heteroatoms. The van der Waals surface area contributed by atoms with E-state index in [-0.39, 0.29) is 0 Å². The van der Waals surface area contributed by atoms with Gasteiger partial charge in [0.2, 0.25) is 0 Å². The van der Waals surface area contributed by atoms with E-state index in [1.54, 1.807) is 0 Å². The molecule has 0 fully saturated rings. The van der Waals surface area contributed by atoms with Crippen LogP contribution in [0.25, 0.3) is 0 Å². The Labute approximate surface area is 79.9 Å². The van der Waals surface area contributed by atoms with E-state index in [2.05, 4.69) is 46.6 Å². The molecule has 0 saturated heterocycles. The molecule has 0 saturated carbocycles. The molecule has 0 atom stereocenters. The Bertz CT molecular complexity index is 91.7. The van der Waals surface area contributed by atoms with Crippen LogP contribution >= 0.6 is 23.5 Å². The van der Waals surface area contributed by atoms with Crippen LogP contribution in [-0.4, -0.2) is 9.49 Å². The van der Waals surface area contributed by atoms with E-state index >= 15 is 0 Å². The largest absolute Gasteiger partial charge is 0.140 e. The van der Waals surface area contributed by atoms with Crippen LogP contribution in [0.3, 0.4) is 0 Å². The normalized spacial score (nSPS) is 13.6. The molecule has 0 nitrogen and oxygen atoms in total. The van der Waals surface area contributed by atoms with E-state index in [9.17, 15) is 0 Å². The highest BCUT2D eigenvalue weighted by atomic mass is 32.2. The van der Waals surface area contributed by atoms with E-state index in [0.29, 0.717) is 9.49 Å². The Kier molecular flexibility index (Phi) is 4.34. The lowest BCUT2D eigenvalue weighted by atomic mass is 10.3. The second-order valence-corrected chi connectivity index (χ2v) is 8.25. The van der Waals surface area contributed by atoms with Crippen molar-refractivity contribution in [1.82, 2.24) is 0 Å². The second kappa shape index (κ2) is 4.08. The fraction of sp³-hybridized carbons (Fsp3) is 0.889. The van der Waals surface area contributed by atoms with Crippen molar-refractivity contribution in [2.45, 2.75) is 51.0 Å². The zero-order valence-corrected chi connectivity index (χ0v) is 10.0. The molecule has 0 aliphatic heterocycles. The van der Waals surface area contributed by atoms with Gasteiger partial charge in [-0.3, -0.25) is 0 Å². The summed E-state index contributed by atoms with van der Waals surface area (Å²) < 4.78 is 0.719. The van der Waals surface area contributed by atoms with Gasteiger partial charge in [-0.25, -0.2) is 0 Å². The fourth-order valence-electron chi connectivity index (χ4n) is 0.313. The molecule has 0 aromatic rings. The summed E-state index contributed by atoms with van der Waals surface area (Å²) in [5, 5.41) is 2.25. The van der Waals surface area contributed by atoms with Crippen molar-refractivity contribution in [3.8, 4) is 0 Å². The standard InChI is InChI=1S/C9H19S2/c1-8(2,3)10-7-11-9(4,5)6/h7H,1-6H3. The third-order valence-electron chi connectivity index (χ3n) is 0.803. The van der Waals surface area contributed by atoms with Crippen molar-refractivity contribution in [3.05, 3.63) is 5.08 Å². The average Bonchev–Trinajstić information content (AvgIpc) is 1.55. The van der Waals surface area contributed by atoms with Gasteiger partial charge in [0.15, 0.2) is 0 Å². The van der Waals surface area contributed by atoms with Gasteiger partial charge in [-0.1, -0.05) is 41.5 Å². The Morgan fingerprint density at radius 2 is 1.00 bits per heavy atom. The summed E-state index contributed by atoms with van der Waals surface area (Å²) in [4.78, 5) is 0. The summed E-state index contributed by atoms with van der Waals surface area (Å²) in [6.45, 7) is 13.4. The average molecular weight is 191 g/mol. The molecule has 0 heterocycles. The molecule has 0 bridgehead atoms. The van der Waals surface area contributed by atoms with Crippen LogP contribution < -0.4 is 0 Å². The van der Waals surface area contributed by atoms with Gasteiger partial charge in [0, 0.05) is 9.49 Å². The van der Waals surface area contributed by atoms with Crippen molar-refractivity contribution < 1.29 is 0 Å². The maximum absolute atomic E-state index is 2.25. The predicted octanol–water partition coefficient (Wildman–Crippen LogP) is 4.17. The van der Waals surface area contributed by atoms with Gasteiger partial charge < -0.3 is 0 Å². The first kappa shape index (κ1) is 11.7. The van der Waals surface area contributed by atoms with Crippen molar-refractivity contribution in [3.63, 3.8) is 0 Å². The molecule has 1 radical (unpaired) electrons. The second-order valence-electron chi connectivity index (χ2n) is 4.56. The van der Waals surface area contributed by atoms with Gasteiger partial charge in [-0.05, 0) is 0 Å². The molecule has 0 unspecified atom stereocenters. The highest BCUT2D eigenvalue weighted by Crippen LogP contribution is 2.36. The highest BCUT2D eigenvalue weighted by Gasteiger charge is 2.15. The molecule has 0 N–H and O–H groups in total. The molecule has 0 aliphatic rings. The zero-order chi connectivity index (χ0) is 9.12. The first-order valence-electron chi connectivity index (χ1n) is 3.88. The molecule has 11 heavy (non-hydrogen) atoms. The minimum atomic E-state index is 0.359. The van der Waals surface area contributed by atoms with E-state index < -0.39 is 0 Å². The summed E-state index contributed by atoms with van der Waals surface area (Å²) >= 11 is 3.80. The number of hydrogen-bond acceptors (Lipinski definition) is 2. The van der Waals surface area contributed by atoms with Crippen LogP contribution in [0.4, 0.5) is 0 Å². The zero-order valence-electron chi connectivity index (χ0n) is 8.39. The molecule has 0 aromatic heterocycles. The molecule has 0 aromatic carbocycles. The number of rotatable bonds is 2. The quantitative estimate of drug-likeness (QED) is 0.642. The van der Waals surface area contributed by atoms with Crippen molar-refractivity contribution in [2.75, 3.05) is 0 Å². The third kappa shape index (κ3) is 10.7. The molecule has 0 rings (SSSR count). The smallest absolute Gasteiger partial charge is 0.0723 e. The van der Waals surface area contributed by atoms with Gasteiger partial charge in [0.25, 0.3) is 0 Å². The third-order valence-corrected chi connectivity index (χ3v) is 2.99. The van der Waals surface area contributed by atoms with Crippen molar-refractivity contribution in [2.24, 2.45) is 0 Å². The lowest BCUT2D eigenvalue weighted by Crippen LogP contribution is -2.09. The monoisotopic (exact) mass is 191 g/mol. The molecular weight excluding hydrogens is 172 g/mol. The van der Waals surface area contributed by atoms with Crippen LogP contribution in [-0.2, 0) is 0 Å². The molecular formula is C9H19S2. The predicted molar refractivity (Wildman–Crippen MR) is 59.0 cm³/mol. The highest BCUT2D eigenvalue weighted by molar-refractivity contribution is 8.20. The topological polar surface area (TPSA) is 0 Å². The number of hydrogen-bond donors (Lipinski definition) is 0. The van der Waals surface area contributed by atoms with E-state index in [1.165, 1.54) is 0 Å². The lowest BCUT2D eigenvalue weighted by molar-refractivity contribution is 0.803. The van der Waals surface area contributed by atoms with Crippen LogP contribution in [0.15, 0.2) is 0 Å². The summed E-state index contributed by atoms with van der Waals surface area (Å²) in [7, 11) is 0. The van der Waals surface area contributed by atoms with Gasteiger partial charge in [-0.2, -0.15) is 0 Å². The minimum Gasteiger partial charge on any atom is -0.140 e. The van der Waals surface area contributed by atoms with Crippen molar-refractivity contribution >= 4 is 23.5 Å². The Morgan fingerprint density at radius 1 is 0.727 bits per heavy atom. The van der Waals surface area contributed by atoms with Gasteiger partial charge in [-0.15, -0.1) is 23.5 Å². The van der Waals surface area contributed by atoms with E-state index in [0.717, 1.165) is 0 Å². The maximum atomic E-state index is 2.25. The first-order valence-corrected chi connectivity index (χ1v) is 5.64. The Hall–Kier alpha value is 0.700. The van der Waals surface area contributed by atoms with Gasteiger partial charge in [0.05, 0.1) is 5.08 Å². The van der Waals surface area contributed by atoms with E-state index in [4.69, 9.17) is 0 Å². The molecule has 0 spiro atoms. The maximum Gasteiger partial charge on any atom is 0.0723 e. The summed E-state index contributed by atoms with van der Waals surface area (Å²) in [6, 6.07) is 0. The number of thioether (sulfide) groups is 2. The minimum absolute atomic E-state index is 0.359. The van der Waals surface area contributed by atoms with Crippen LogP contribution in [0, 0.1) is 5.08 Å². The summed E-state index contributed by atoms with van der Waals surface area (Å²) in [5.74, 6) is 0. The Balaban J connectivity index is 3.44. The van der Waals surface area contributed by atoms with Gasteiger partial charge in [0.1, 0.15) is 0 Å². The van der Waals surface area contributed by atoms with Gasteiger partial charge >= 0.3 is 0 Å². The van der Waals surface area contributed by atoms with E-state index in [1.807, 2.05) is 23.5 Å². The van der Waals surface area contributed by atoms with Crippen LogP contribution in [0.1, 0.15) is 41.5 Å². The fourth-order valence-corrected chi connectivity index (χ4v) is 2.81. The van der Waals surface area contributed by atoms with Crippen molar-refractivity contribution in [1.29, 1.82) is 0 Å².